The number of benzene rings is 1. The van der Waals surface area contributed by atoms with E-state index in [0.29, 0.717) is 38.3 Å². The van der Waals surface area contributed by atoms with Gasteiger partial charge in [-0.25, -0.2) is 4.39 Å². The van der Waals surface area contributed by atoms with Gasteiger partial charge in [0, 0.05) is 39.0 Å². The summed E-state index contributed by atoms with van der Waals surface area (Å²) in [6.45, 7) is 3.87. The van der Waals surface area contributed by atoms with Crippen molar-refractivity contribution in [2.75, 3.05) is 31.1 Å². The van der Waals surface area contributed by atoms with Crippen LogP contribution in [0, 0.1) is 5.82 Å². The third-order valence-electron chi connectivity index (χ3n) is 3.52. The number of rotatable bonds is 4. The Kier molecular flexibility index (Phi) is 4.71. The van der Waals surface area contributed by atoms with Gasteiger partial charge in [0.15, 0.2) is 0 Å². The van der Waals surface area contributed by atoms with E-state index in [9.17, 15) is 14.0 Å². The highest BCUT2D eigenvalue weighted by atomic mass is 19.1. The number of amides is 1. The highest BCUT2D eigenvalue weighted by Gasteiger charge is 2.22. The van der Waals surface area contributed by atoms with Gasteiger partial charge in [0.1, 0.15) is 11.6 Å². The SMILES string of the molecule is CC(=O)CCC(=O)N1CCN(c2ccccc2F)CC1. The van der Waals surface area contributed by atoms with E-state index in [1.54, 1.807) is 17.0 Å². The number of halogens is 1. The van der Waals surface area contributed by atoms with E-state index in [1.165, 1.54) is 13.0 Å². The lowest BCUT2D eigenvalue weighted by atomic mass is 10.2. The molecule has 1 fully saturated rings. The van der Waals surface area contributed by atoms with Crippen LogP contribution < -0.4 is 4.90 Å². The van der Waals surface area contributed by atoms with Crippen LogP contribution in [0.3, 0.4) is 0 Å². The molecule has 0 atom stereocenters. The van der Waals surface area contributed by atoms with Gasteiger partial charge in [-0.3, -0.25) is 4.79 Å². The number of carbonyl (C=O) groups is 2. The highest BCUT2D eigenvalue weighted by molar-refractivity contribution is 5.83. The van der Waals surface area contributed by atoms with Gasteiger partial charge in [0.05, 0.1) is 5.69 Å². The van der Waals surface area contributed by atoms with Crippen molar-refractivity contribution in [2.45, 2.75) is 19.8 Å². The van der Waals surface area contributed by atoms with E-state index >= 15 is 0 Å². The topological polar surface area (TPSA) is 40.6 Å². The zero-order chi connectivity index (χ0) is 14.5. The van der Waals surface area contributed by atoms with Crippen LogP contribution in [0.2, 0.25) is 0 Å². The number of carbonyl (C=O) groups excluding carboxylic acids is 2. The summed E-state index contributed by atoms with van der Waals surface area (Å²) in [6.07, 6.45) is 0.571. The first-order valence-corrected chi connectivity index (χ1v) is 6.84. The third-order valence-corrected chi connectivity index (χ3v) is 3.52. The molecule has 5 heteroatoms. The minimum Gasteiger partial charge on any atom is -0.366 e. The molecule has 4 nitrogen and oxygen atoms in total. The van der Waals surface area contributed by atoms with Gasteiger partial charge < -0.3 is 14.6 Å². The first-order valence-electron chi connectivity index (χ1n) is 6.84. The summed E-state index contributed by atoms with van der Waals surface area (Å²) in [5.41, 5.74) is 0.586. The molecule has 0 unspecified atom stereocenters. The molecule has 0 spiro atoms. The molecule has 1 aliphatic heterocycles. The lowest BCUT2D eigenvalue weighted by Gasteiger charge is -2.36. The average Bonchev–Trinajstić information content (AvgIpc) is 2.45. The predicted molar refractivity (Wildman–Crippen MR) is 75.1 cm³/mol. The van der Waals surface area contributed by atoms with Crippen LogP contribution in [0.5, 0.6) is 0 Å². The zero-order valence-electron chi connectivity index (χ0n) is 11.6. The fourth-order valence-corrected chi connectivity index (χ4v) is 2.35. The standard InChI is InChI=1S/C15H19FN2O2/c1-12(19)6-7-15(20)18-10-8-17(9-11-18)14-5-3-2-4-13(14)16/h2-5H,6-11H2,1H3. The molecule has 0 radical (unpaired) electrons. The number of piperazine rings is 1. The second-order valence-corrected chi connectivity index (χ2v) is 5.02. The molecule has 1 amide bonds. The highest BCUT2D eigenvalue weighted by Crippen LogP contribution is 2.20. The van der Waals surface area contributed by atoms with Gasteiger partial charge in [-0.1, -0.05) is 12.1 Å². The molecular weight excluding hydrogens is 259 g/mol. The molecule has 1 saturated heterocycles. The van der Waals surface area contributed by atoms with Crippen molar-refractivity contribution >= 4 is 17.4 Å². The summed E-state index contributed by atoms with van der Waals surface area (Å²) in [6, 6.07) is 6.67. The summed E-state index contributed by atoms with van der Waals surface area (Å²) in [5, 5.41) is 0. The van der Waals surface area contributed by atoms with Crippen molar-refractivity contribution in [3.63, 3.8) is 0 Å². The normalized spacial score (nSPS) is 15.3. The molecule has 2 rings (SSSR count). The monoisotopic (exact) mass is 278 g/mol. The van der Waals surface area contributed by atoms with Crippen LogP contribution in [0.1, 0.15) is 19.8 Å². The largest absolute Gasteiger partial charge is 0.366 e. The Bertz CT molecular complexity index is 496. The molecule has 1 aromatic carbocycles. The predicted octanol–water partition coefficient (Wildman–Crippen LogP) is 1.84. The molecule has 1 aromatic rings. The molecule has 1 heterocycles. The fourth-order valence-electron chi connectivity index (χ4n) is 2.35. The molecule has 0 bridgehead atoms. The van der Waals surface area contributed by atoms with Crippen LogP contribution >= 0.6 is 0 Å². The van der Waals surface area contributed by atoms with E-state index in [2.05, 4.69) is 0 Å². The van der Waals surface area contributed by atoms with Crippen molar-refractivity contribution in [1.82, 2.24) is 4.90 Å². The summed E-state index contributed by atoms with van der Waals surface area (Å²) >= 11 is 0. The van der Waals surface area contributed by atoms with Gasteiger partial charge in [-0.15, -0.1) is 0 Å². The van der Waals surface area contributed by atoms with Crippen molar-refractivity contribution in [3.05, 3.63) is 30.1 Å². The van der Waals surface area contributed by atoms with Crippen LogP contribution in [-0.2, 0) is 9.59 Å². The Labute approximate surface area is 118 Å². The maximum Gasteiger partial charge on any atom is 0.223 e. The summed E-state index contributed by atoms with van der Waals surface area (Å²) in [5.74, 6) is -0.194. The summed E-state index contributed by atoms with van der Waals surface area (Å²) < 4.78 is 13.7. The minimum atomic E-state index is -0.233. The third kappa shape index (κ3) is 3.56. The maximum absolute atomic E-state index is 13.7. The number of Topliss-reactive ketones (excluding diaryl/α,β-unsaturated/α-hetero) is 1. The van der Waals surface area contributed by atoms with Crippen molar-refractivity contribution < 1.29 is 14.0 Å². The second-order valence-electron chi connectivity index (χ2n) is 5.02. The fraction of sp³-hybridized carbons (Fsp3) is 0.467. The Morgan fingerprint density at radius 1 is 1.10 bits per heavy atom. The molecule has 1 aliphatic rings. The molecule has 20 heavy (non-hydrogen) atoms. The Morgan fingerprint density at radius 3 is 2.35 bits per heavy atom. The minimum absolute atomic E-state index is 0.00776. The van der Waals surface area contributed by atoms with Crippen LogP contribution in [0.25, 0.3) is 0 Å². The Balaban J connectivity index is 1.88. The van der Waals surface area contributed by atoms with Crippen LogP contribution in [0.15, 0.2) is 24.3 Å². The van der Waals surface area contributed by atoms with E-state index < -0.39 is 0 Å². The van der Waals surface area contributed by atoms with Crippen molar-refractivity contribution in [1.29, 1.82) is 0 Å². The zero-order valence-corrected chi connectivity index (χ0v) is 11.6. The first kappa shape index (κ1) is 14.5. The molecule has 108 valence electrons. The summed E-state index contributed by atoms with van der Waals surface area (Å²) in [7, 11) is 0. The van der Waals surface area contributed by atoms with Gasteiger partial charge in [0.2, 0.25) is 5.91 Å². The van der Waals surface area contributed by atoms with E-state index in [1.807, 2.05) is 11.0 Å². The molecule has 0 saturated carbocycles. The van der Waals surface area contributed by atoms with E-state index in [-0.39, 0.29) is 23.9 Å². The Morgan fingerprint density at radius 2 is 1.75 bits per heavy atom. The smallest absolute Gasteiger partial charge is 0.223 e. The number of hydrogen-bond acceptors (Lipinski definition) is 3. The van der Waals surface area contributed by atoms with Crippen LogP contribution in [-0.4, -0.2) is 42.8 Å². The lowest BCUT2D eigenvalue weighted by molar-refractivity contribution is -0.133. The maximum atomic E-state index is 13.7. The van der Waals surface area contributed by atoms with E-state index in [4.69, 9.17) is 0 Å². The molecule has 0 N–H and O–H groups in total. The van der Waals surface area contributed by atoms with Gasteiger partial charge in [0.25, 0.3) is 0 Å². The number of anilines is 1. The van der Waals surface area contributed by atoms with E-state index in [0.717, 1.165) is 0 Å². The number of ketones is 1. The first-order chi connectivity index (χ1) is 9.58. The number of nitrogens with zero attached hydrogens (tertiary/aromatic N) is 2. The van der Waals surface area contributed by atoms with Gasteiger partial charge in [-0.2, -0.15) is 0 Å². The Hall–Kier alpha value is -1.91. The van der Waals surface area contributed by atoms with Crippen molar-refractivity contribution in [3.8, 4) is 0 Å². The molecule has 0 aromatic heterocycles. The van der Waals surface area contributed by atoms with Gasteiger partial charge in [-0.05, 0) is 19.1 Å². The van der Waals surface area contributed by atoms with Crippen molar-refractivity contribution in [2.24, 2.45) is 0 Å². The summed E-state index contributed by atoms with van der Waals surface area (Å²) in [4.78, 5) is 26.5. The quantitative estimate of drug-likeness (QED) is 0.844. The lowest BCUT2D eigenvalue weighted by Crippen LogP contribution is -2.49. The molecule has 0 aliphatic carbocycles. The number of para-hydroxylation sites is 1. The number of hydrogen-bond donors (Lipinski definition) is 0. The van der Waals surface area contributed by atoms with Crippen LogP contribution in [0.4, 0.5) is 10.1 Å². The van der Waals surface area contributed by atoms with Gasteiger partial charge >= 0.3 is 0 Å². The second kappa shape index (κ2) is 6.50. The average molecular weight is 278 g/mol. The molecular formula is C15H19FN2O2.